The zero-order chi connectivity index (χ0) is 21.0. The lowest BCUT2D eigenvalue weighted by Gasteiger charge is -2.39. The van der Waals surface area contributed by atoms with E-state index in [1.807, 2.05) is 43.0 Å². The first-order valence-corrected chi connectivity index (χ1v) is 11.8. The quantitative estimate of drug-likeness (QED) is 0.698. The van der Waals surface area contributed by atoms with Gasteiger partial charge in [0.25, 0.3) is 0 Å². The molecule has 1 aliphatic carbocycles. The van der Waals surface area contributed by atoms with E-state index in [1.165, 1.54) is 19.3 Å². The first kappa shape index (κ1) is 22.3. The summed E-state index contributed by atoms with van der Waals surface area (Å²) in [5.41, 5.74) is 7.31. The molecule has 2 fully saturated rings. The summed E-state index contributed by atoms with van der Waals surface area (Å²) in [6.07, 6.45) is 7.22. The van der Waals surface area contributed by atoms with Crippen molar-refractivity contribution in [1.82, 2.24) is 9.80 Å². The SMILES string of the molecule is CC(C)C(=O)N(C1CCCCC1)C1CCN(C(=O)C(N)Cc2ccc(Br)cc2)C1. The maximum atomic E-state index is 13.0. The highest BCUT2D eigenvalue weighted by atomic mass is 79.9. The highest BCUT2D eigenvalue weighted by molar-refractivity contribution is 9.10. The molecule has 0 bridgehead atoms. The molecule has 1 heterocycles. The summed E-state index contributed by atoms with van der Waals surface area (Å²) in [5.74, 6) is 0.215. The minimum absolute atomic E-state index is 0.00370. The van der Waals surface area contributed by atoms with Crippen LogP contribution >= 0.6 is 15.9 Å². The fourth-order valence-electron chi connectivity index (χ4n) is 4.68. The molecular formula is C23H34BrN3O2. The van der Waals surface area contributed by atoms with Crippen LogP contribution in [0.4, 0.5) is 0 Å². The maximum absolute atomic E-state index is 13.0. The highest BCUT2D eigenvalue weighted by Crippen LogP contribution is 2.29. The number of benzene rings is 1. The highest BCUT2D eigenvalue weighted by Gasteiger charge is 2.38. The van der Waals surface area contributed by atoms with Gasteiger partial charge >= 0.3 is 0 Å². The van der Waals surface area contributed by atoms with E-state index in [-0.39, 0.29) is 23.8 Å². The van der Waals surface area contributed by atoms with E-state index in [2.05, 4.69) is 20.8 Å². The summed E-state index contributed by atoms with van der Waals surface area (Å²) in [5, 5.41) is 0. The Labute approximate surface area is 183 Å². The van der Waals surface area contributed by atoms with Crippen molar-refractivity contribution in [2.45, 2.75) is 76.9 Å². The van der Waals surface area contributed by atoms with E-state index in [0.29, 0.717) is 25.6 Å². The topological polar surface area (TPSA) is 66.6 Å². The molecule has 5 nitrogen and oxygen atoms in total. The number of halogens is 1. The molecule has 1 aromatic carbocycles. The van der Waals surface area contributed by atoms with Gasteiger partial charge in [0, 0.05) is 29.5 Å². The molecular weight excluding hydrogens is 430 g/mol. The Bertz CT molecular complexity index is 701. The Hall–Kier alpha value is -1.40. The van der Waals surface area contributed by atoms with E-state index >= 15 is 0 Å². The lowest BCUT2D eigenvalue weighted by molar-refractivity contribution is -0.141. The zero-order valence-corrected chi connectivity index (χ0v) is 19.2. The molecule has 1 saturated carbocycles. The lowest BCUT2D eigenvalue weighted by atomic mass is 9.92. The molecule has 2 unspecified atom stereocenters. The molecule has 1 aromatic rings. The molecule has 3 rings (SSSR count). The molecule has 2 atom stereocenters. The molecule has 2 N–H and O–H groups in total. The van der Waals surface area contributed by atoms with Crippen LogP contribution in [0.2, 0.25) is 0 Å². The van der Waals surface area contributed by atoms with Gasteiger partial charge in [0.05, 0.1) is 12.1 Å². The van der Waals surface area contributed by atoms with Crippen LogP contribution in [-0.4, -0.2) is 52.8 Å². The number of nitrogens with two attached hydrogens (primary N) is 1. The van der Waals surface area contributed by atoms with Gasteiger partial charge in [-0.15, -0.1) is 0 Å². The standard InChI is InChI=1S/C23H34BrN3O2/c1-16(2)22(28)27(19-6-4-3-5-7-19)20-12-13-26(15-20)23(29)21(25)14-17-8-10-18(24)11-9-17/h8-11,16,19-21H,3-7,12-15,25H2,1-2H3. The minimum atomic E-state index is -0.543. The molecule has 2 amide bonds. The summed E-state index contributed by atoms with van der Waals surface area (Å²) in [6, 6.07) is 7.84. The summed E-state index contributed by atoms with van der Waals surface area (Å²) in [6.45, 7) is 5.25. The van der Waals surface area contributed by atoms with E-state index in [9.17, 15) is 9.59 Å². The van der Waals surface area contributed by atoms with Gasteiger partial charge in [-0.1, -0.05) is 61.2 Å². The van der Waals surface area contributed by atoms with Gasteiger partial charge < -0.3 is 15.5 Å². The summed E-state index contributed by atoms with van der Waals surface area (Å²) >= 11 is 3.43. The number of carbonyl (C=O) groups excluding carboxylic acids is 2. The van der Waals surface area contributed by atoms with Gasteiger partial charge in [0.2, 0.25) is 11.8 Å². The largest absolute Gasteiger partial charge is 0.339 e. The van der Waals surface area contributed by atoms with E-state index in [1.54, 1.807) is 0 Å². The van der Waals surface area contributed by atoms with E-state index in [0.717, 1.165) is 29.3 Å². The number of rotatable bonds is 6. The second-order valence-corrected chi connectivity index (χ2v) is 9.77. The number of amides is 2. The van der Waals surface area contributed by atoms with Crippen molar-refractivity contribution in [2.75, 3.05) is 13.1 Å². The molecule has 0 spiro atoms. The molecule has 1 saturated heterocycles. The second kappa shape index (κ2) is 10.1. The van der Waals surface area contributed by atoms with Crippen molar-refractivity contribution in [2.24, 2.45) is 11.7 Å². The molecule has 0 radical (unpaired) electrons. The van der Waals surface area contributed by atoms with E-state index in [4.69, 9.17) is 5.73 Å². The van der Waals surface area contributed by atoms with Crippen LogP contribution < -0.4 is 5.73 Å². The predicted octanol–water partition coefficient (Wildman–Crippen LogP) is 3.74. The van der Waals surface area contributed by atoms with Crippen LogP contribution in [0, 0.1) is 5.92 Å². The third-order valence-corrected chi connectivity index (χ3v) is 6.80. The summed E-state index contributed by atoms with van der Waals surface area (Å²) < 4.78 is 1.01. The third-order valence-electron chi connectivity index (χ3n) is 6.27. The lowest BCUT2D eigenvalue weighted by Crippen LogP contribution is -2.51. The van der Waals surface area contributed by atoms with Crippen LogP contribution in [0.25, 0.3) is 0 Å². The van der Waals surface area contributed by atoms with Gasteiger partial charge in [0.15, 0.2) is 0 Å². The van der Waals surface area contributed by atoms with Crippen LogP contribution in [-0.2, 0) is 16.0 Å². The maximum Gasteiger partial charge on any atom is 0.239 e. The molecule has 0 aromatic heterocycles. The van der Waals surface area contributed by atoms with Gasteiger partial charge in [-0.2, -0.15) is 0 Å². The van der Waals surface area contributed by atoms with Crippen LogP contribution in [0.1, 0.15) is 57.9 Å². The van der Waals surface area contributed by atoms with Crippen molar-refractivity contribution in [3.05, 3.63) is 34.3 Å². The van der Waals surface area contributed by atoms with Crippen molar-refractivity contribution >= 4 is 27.7 Å². The Kier molecular flexibility index (Phi) is 7.74. The fourth-order valence-corrected chi connectivity index (χ4v) is 4.95. The van der Waals surface area contributed by atoms with Gasteiger partial charge in [-0.3, -0.25) is 9.59 Å². The zero-order valence-electron chi connectivity index (χ0n) is 17.6. The Balaban J connectivity index is 1.63. The second-order valence-electron chi connectivity index (χ2n) is 8.86. The normalized spacial score (nSPS) is 21.4. The monoisotopic (exact) mass is 463 g/mol. The first-order chi connectivity index (χ1) is 13.9. The Morgan fingerprint density at radius 3 is 2.38 bits per heavy atom. The van der Waals surface area contributed by atoms with Crippen LogP contribution in [0.15, 0.2) is 28.7 Å². The number of carbonyl (C=O) groups is 2. The van der Waals surface area contributed by atoms with Crippen LogP contribution in [0.5, 0.6) is 0 Å². The van der Waals surface area contributed by atoms with Crippen molar-refractivity contribution in [3.63, 3.8) is 0 Å². The minimum Gasteiger partial charge on any atom is -0.339 e. The van der Waals surface area contributed by atoms with Crippen molar-refractivity contribution < 1.29 is 9.59 Å². The van der Waals surface area contributed by atoms with E-state index < -0.39 is 6.04 Å². The molecule has 1 aliphatic heterocycles. The fraction of sp³-hybridized carbons (Fsp3) is 0.652. The molecule has 29 heavy (non-hydrogen) atoms. The van der Waals surface area contributed by atoms with Crippen molar-refractivity contribution in [1.29, 1.82) is 0 Å². The summed E-state index contributed by atoms with van der Waals surface area (Å²) in [7, 11) is 0. The average Bonchev–Trinajstić information content (AvgIpc) is 3.19. The third kappa shape index (κ3) is 5.60. The molecule has 6 heteroatoms. The number of nitrogens with zero attached hydrogens (tertiary/aromatic N) is 2. The first-order valence-electron chi connectivity index (χ1n) is 11.0. The smallest absolute Gasteiger partial charge is 0.239 e. The van der Waals surface area contributed by atoms with Crippen molar-refractivity contribution in [3.8, 4) is 0 Å². The van der Waals surface area contributed by atoms with Crippen LogP contribution in [0.3, 0.4) is 0 Å². The Morgan fingerprint density at radius 2 is 1.76 bits per heavy atom. The Morgan fingerprint density at radius 1 is 1.10 bits per heavy atom. The summed E-state index contributed by atoms with van der Waals surface area (Å²) in [4.78, 5) is 30.0. The number of likely N-dealkylation sites (tertiary alicyclic amines) is 1. The van der Waals surface area contributed by atoms with Gasteiger partial charge in [-0.05, 0) is 43.4 Å². The molecule has 160 valence electrons. The number of hydrogen-bond acceptors (Lipinski definition) is 3. The number of hydrogen-bond donors (Lipinski definition) is 1. The molecule has 2 aliphatic rings. The average molecular weight is 464 g/mol. The van der Waals surface area contributed by atoms with Gasteiger partial charge in [0.1, 0.15) is 0 Å². The predicted molar refractivity (Wildman–Crippen MR) is 119 cm³/mol. The van der Waals surface area contributed by atoms with Gasteiger partial charge in [-0.25, -0.2) is 0 Å².